The highest BCUT2D eigenvalue weighted by molar-refractivity contribution is 6.01. The fraction of sp³-hybridized carbons (Fsp3) is 0.0938. The van der Waals surface area contributed by atoms with Crippen LogP contribution in [-0.4, -0.2) is 20.4 Å². The number of fused-ring (bicyclic) bond motifs is 2. The van der Waals surface area contributed by atoms with Gasteiger partial charge in [0.05, 0.1) is 17.1 Å². The van der Waals surface area contributed by atoms with Gasteiger partial charge in [0, 0.05) is 34.3 Å². The maximum absolute atomic E-state index is 13.6. The van der Waals surface area contributed by atoms with E-state index in [1.54, 1.807) is 12.3 Å². The zero-order valence-corrected chi connectivity index (χ0v) is 20.8. The molecule has 0 aliphatic carbocycles. The zero-order valence-electron chi connectivity index (χ0n) is 20.8. The van der Waals surface area contributed by atoms with Crippen LogP contribution < -0.4 is 5.56 Å². The summed E-state index contributed by atoms with van der Waals surface area (Å²) in [5.41, 5.74) is 7.00. The first kappa shape index (κ1) is 22.7. The summed E-state index contributed by atoms with van der Waals surface area (Å²) < 4.78 is 3.73. The molecule has 0 amide bonds. The highest BCUT2D eigenvalue weighted by Gasteiger charge is 2.15. The van der Waals surface area contributed by atoms with Gasteiger partial charge in [0.25, 0.3) is 5.56 Å². The van der Waals surface area contributed by atoms with Crippen LogP contribution in [0.25, 0.3) is 33.2 Å². The van der Waals surface area contributed by atoms with Crippen molar-refractivity contribution in [2.45, 2.75) is 20.4 Å². The van der Waals surface area contributed by atoms with Crippen molar-refractivity contribution in [3.05, 3.63) is 136 Å². The molecule has 0 N–H and O–H groups in total. The second kappa shape index (κ2) is 9.36. The van der Waals surface area contributed by atoms with Crippen LogP contribution in [0.5, 0.6) is 0 Å². The molecule has 2 heterocycles. The molecule has 0 aliphatic rings. The lowest BCUT2D eigenvalue weighted by Crippen LogP contribution is -2.20. The van der Waals surface area contributed by atoms with Gasteiger partial charge in [-0.15, -0.1) is 0 Å². The van der Waals surface area contributed by atoms with E-state index in [-0.39, 0.29) is 5.56 Å². The van der Waals surface area contributed by atoms with Crippen molar-refractivity contribution in [3.8, 4) is 11.4 Å². The maximum Gasteiger partial charge on any atom is 0.282 e. The molecule has 180 valence electrons. The van der Waals surface area contributed by atoms with Crippen molar-refractivity contribution >= 4 is 28.0 Å². The number of benzene rings is 4. The van der Waals surface area contributed by atoms with Crippen molar-refractivity contribution in [2.75, 3.05) is 0 Å². The highest BCUT2D eigenvalue weighted by atomic mass is 16.1. The molecule has 0 saturated heterocycles. The molecule has 0 atom stereocenters. The predicted octanol–water partition coefficient (Wildman–Crippen LogP) is 6.57. The molecule has 0 saturated carbocycles. The molecule has 6 rings (SSSR count). The molecule has 6 aromatic rings. The van der Waals surface area contributed by atoms with Gasteiger partial charge in [-0.1, -0.05) is 90.5 Å². The zero-order chi connectivity index (χ0) is 25.4. The Kier molecular flexibility index (Phi) is 5.73. The van der Waals surface area contributed by atoms with E-state index in [4.69, 9.17) is 10.1 Å². The minimum atomic E-state index is -0.193. The van der Waals surface area contributed by atoms with E-state index in [0.29, 0.717) is 16.7 Å². The molecule has 4 aromatic carbocycles. The number of aromatic nitrogens is 3. The van der Waals surface area contributed by atoms with Crippen LogP contribution in [0.2, 0.25) is 0 Å². The molecular weight excluding hydrogens is 456 g/mol. The predicted molar refractivity (Wildman–Crippen MR) is 151 cm³/mol. The fourth-order valence-corrected chi connectivity index (χ4v) is 4.94. The summed E-state index contributed by atoms with van der Waals surface area (Å²) in [5.74, 6) is 0.515. The van der Waals surface area contributed by atoms with Crippen molar-refractivity contribution in [1.29, 1.82) is 0 Å². The van der Waals surface area contributed by atoms with E-state index < -0.39 is 0 Å². The molecule has 5 nitrogen and oxygen atoms in total. The van der Waals surface area contributed by atoms with Crippen molar-refractivity contribution in [1.82, 2.24) is 14.2 Å². The van der Waals surface area contributed by atoms with Gasteiger partial charge in [0.2, 0.25) is 0 Å². The van der Waals surface area contributed by atoms with Crippen LogP contribution in [0, 0.1) is 13.8 Å². The molecule has 5 heteroatoms. The molecule has 0 bridgehead atoms. The Morgan fingerprint density at radius 2 is 1.54 bits per heavy atom. The van der Waals surface area contributed by atoms with Gasteiger partial charge in [-0.3, -0.25) is 4.79 Å². The molecule has 2 aromatic heterocycles. The molecule has 0 radical (unpaired) electrons. The third-order valence-corrected chi connectivity index (χ3v) is 6.79. The average Bonchev–Trinajstić information content (AvgIpc) is 3.19. The molecule has 37 heavy (non-hydrogen) atoms. The van der Waals surface area contributed by atoms with Gasteiger partial charge in [0.1, 0.15) is 0 Å². The minimum absolute atomic E-state index is 0.193. The number of hydrogen-bond donors (Lipinski definition) is 0. The summed E-state index contributed by atoms with van der Waals surface area (Å²) >= 11 is 0. The Labute approximate surface area is 215 Å². The van der Waals surface area contributed by atoms with E-state index >= 15 is 0 Å². The van der Waals surface area contributed by atoms with E-state index in [0.717, 1.165) is 34.3 Å². The summed E-state index contributed by atoms with van der Waals surface area (Å²) in [6.07, 6.45) is 1.80. The van der Waals surface area contributed by atoms with Crippen LogP contribution in [0.15, 0.2) is 113 Å². The van der Waals surface area contributed by atoms with Crippen LogP contribution in [0.1, 0.15) is 22.4 Å². The number of hydrogen-bond acceptors (Lipinski definition) is 3. The molecular formula is C32H26N4O. The smallest absolute Gasteiger partial charge is 0.282 e. The second-order valence-electron chi connectivity index (χ2n) is 9.27. The van der Waals surface area contributed by atoms with Gasteiger partial charge in [-0.25, -0.2) is 4.98 Å². The Morgan fingerprint density at radius 1 is 0.811 bits per heavy atom. The Hall–Kier alpha value is -4.77. The first-order valence-corrected chi connectivity index (χ1v) is 12.3. The van der Waals surface area contributed by atoms with Crippen LogP contribution in [0.4, 0.5) is 0 Å². The minimum Gasteiger partial charge on any atom is -0.340 e. The molecule has 0 unspecified atom stereocenters. The molecule has 0 aliphatic heterocycles. The Balaban J connectivity index is 1.52. The second-order valence-corrected chi connectivity index (χ2v) is 9.27. The number of nitrogens with zero attached hydrogens (tertiary/aromatic N) is 4. The normalized spacial score (nSPS) is 11.6. The average molecular weight is 483 g/mol. The summed E-state index contributed by atoms with van der Waals surface area (Å²) in [6, 6.07) is 34.0. The SMILES string of the molecule is Cc1cccc(Cn2c(C)c(C=Nn3c(-c4ccccc4)nc4ccccc4c3=O)c3ccccc32)c1. The van der Waals surface area contributed by atoms with Crippen LogP contribution in [-0.2, 0) is 6.54 Å². The molecule has 0 fully saturated rings. The largest absolute Gasteiger partial charge is 0.340 e. The van der Waals surface area contributed by atoms with Crippen molar-refractivity contribution < 1.29 is 0 Å². The van der Waals surface area contributed by atoms with E-state index in [1.165, 1.54) is 15.8 Å². The highest BCUT2D eigenvalue weighted by Crippen LogP contribution is 2.26. The number of aryl methyl sites for hydroxylation is 1. The van der Waals surface area contributed by atoms with Crippen molar-refractivity contribution in [2.24, 2.45) is 5.10 Å². The standard InChI is InChI=1S/C32H26N4O/c1-22-11-10-12-24(19-22)21-35-23(2)28(26-15-7-9-18-30(26)35)20-33-36-31(25-13-4-3-5-14-25)34-29-17-8-6-16-27(29)32(36)37/h3-20H,21H2,1-2H3. The number of para-hydroxylation sites is 2. The van der Waals surface area contributed by atoms with Gasteiger partial charge >= 0.3 is 0 Å². The lowest BCUT2D eigenvalue weighted by atomic mass is 10.1. The summed E-state index contributed by atoms with van der Waals surface area (Å²) in [6.45, 7) is 4.98. The number of rotatable bonds is 5. The lowest BCUT2D eigenvalue weighted by molar-refractivity contribution is 0.801. The van der Waals surface area contributed by atoms with Crippen molar-refractivity contribution in [3.63, 3.8) is 0 Å². The monoisotopic (exact) mass is 482 g/mol. The topological polar surface area (TPSA) is 52.2 Å². The third-order valence-electron chi connectivity index (χ3n) is 6.79. The van der Waals surface area contributed by atoms with Crippen LogP contribution in [0.3, 0.4) is 0 Å². The lowest BCUT2D eigenvalue weighted by Gasteiger charge is -2.10. The first-order valence-electron chi connectivity index (χ1n) is 12.3. The summed E-state index contributed by atoms with van der Waals surface area (Å²) in [4.78, 5) is 18.4. The molecule has 0 spiro atoms. The Bertz CT molecular complexity index is 1840. The Morgan fingerprint density at radius 3 is 2.35 bits per heavy atom. The van der Waals surface area contributed by atoms with Gasteiger partial charge in [-0.05, 0) is 37.6 Å². The van der Waals surface area contributed by atoms with Gasteiger partial charge in [-0.2, -0.15) is 9.78 Å². The van der Waals surface area contributed by atoms with Gasteiger partial charge in [0.15, 0.2) is 5.82 Å². The quantitative estimate of drug-likeness (QED) is 0.261. The van der Waals surface area contributed by atoms with E-state index in [1.807, 2.05) is 54.6 Å². The van der Waals surface area contributed by atoms with E-state index in [9.17, 15) is 4.79 Å². The summed E-state index contributed by atoms with van der Waals surface area (Å²) in [7, 11) is 0. The fourth-order valence-electron chi connectivity index (χ4n) is 4.94. The summed E-state index contributed by atoms with van der Waals surface area (Å²) in [5, 5.41) is 6.39. The third kappa shape index (κ3) is 4.15. The van der Waals surface area contributed by atoms with E-state index in [2.05, 4.69) is 60.9 Å². The van der Waals surface area contributed by atoms with Crippen LogP contribution >= 0.6 is 0 Å². The maximum atomic E-state index is 13.6. The van der Waals surface area contributed by atoms with Gasteiger partial charge < -0.3 is 4.57 Å². The first-order chi connectivity index (χ1) is 18.1.